The minimum absolute atomic E-state index is 0.219. The number of rotatable bonds is 5. The van der Waals surface area contributed by atoms with Crippen LogP contribution < -0.4 is 0 Å². The van der Waals surface area contributed by atoms with E-state index in [0.29, 0.717) is 13.0 Å². The maximum atomic E-state index is 12.3. The molecule has 0 unspecified atom stereocenters. The Labute approximate surface area is 124 Å². The van der Waals surface area contributed by atoms with Gasteiger partial charge in [-0.3, -0.25) is 4.79 Å². The molecule has 5 nitrogen and oxygen atoms in total. The topological polar surface area (TPSA) is 45.7 Å². The molecule has 1 aromatic heterocycles. The van der Waals surface area contributed by atoms with E-state index in [1.165, 1.54) is 0 Å². The fourth-order valence-electron chi connectivity index (χ4n) is 2.40. The van der Waals surface area contributed by atoms with Gasteiger partial charge in [-0.2, -0.15) is 0 Å². The third-order valence-corrected chi connectivity index (χ3v) is 4.82. The van der Waals surface area contributed by atoms with Crippen molar-refractivity contribution >= 4 is 17.2 Å². The Kier molecular flexibility index (Phi) is 5.51. The summed E-state index contributed by atoms with van der Waals surface area (Å²) in [5, 5.41) is 0.948. The highest BCUT2D eigenvalue weighted by Gasteiger charge is 2.21. The van der Waals surface area contributed by atoms with Crippen LogP contribution in [0.4, 0.5) is 0 Å². The number of methoxy groups -OCH3 is 1. The van der Waals surface area contributed by atoms with Crippen LogP contribution in [-0.2, 0) is 22.6 Å². The zero-order valence-corrected chi connectivity index (χ0v) is 13.3. The monoisotopic (exact) mass is 297 g/mol. The SMILES string of the molecule is CCN1CCN(C(=O)Cc2sc(COC)nc2C)CC1. The number of piperazine rings is 1. The second-order valence-electron chi connectivity index (χ2n) is 5.04. The third-order valence-electron chi connectivity index (χ3n) is 3.69. The Balaban J connectivity index is 1.91. The van der Waals surface area contributed by atoms with Gasteiger partial charge < -0.3 is 14.5 Å². The van der Waals surface area contributed by atoms with E-state index in [1.54, 1.807) is 18.4 Å². The predicted octanol–water partition coefficient (Wildman–Crippen LogP) is 1.30. The zero-order valence-electron chi connectivity index (χ0n) is 12.5. The first-order valence-electron chi connectivity index (χ1n) is 7.08. The number of thiazole rings is 1. The normalized spacial score (nSPS) is 16.6. The molecule has 1 aliphatic rings. The van der Waals surface area contributed by atoms with Gasteiger partial charge in [-0.1, -0.05) is 6.92 Å². The summed E-state index contributed by atoms with van der Waals surface area (Å²) in [5.41, 5.74) is 0.961. The average Bonchev–Trinajstić information content (AvgIpc) is 2.79. The van der Waals surface area contributed by atoms with Crippen LogP contribution in [0.15, 0.2) is 0 Å². The van der Waals surface area contributed by atoms with Crippen LogP contribution in [0.1, 0.15) is 22.5 Å². The fraction of sp³-hybridized carbons (Fsp3) is 0.714. The lowest BCUT2D eigenvalue weighted by atomic mass is 10.2. The van der Waals surface area contributed by atoms with Gasteiger partial charge in [0.25, 0.3) is 0 Å². The Morgan fingerprint density at radius 3 is 2.65 bits per heavy atom. The number of aromatic nitrogens is 1. The van der Waals surface area contributed by atoms with E-state index in [4.69, 9.17) is 4.74 Å². The molecule has 0 aliphatic carbocycles. The van der Waals surface area contributed by atoms with Gasteiger partial charge in [-0.25, -0.2) is 4.98 Å². The van der Waals surface area contributed by atoms with Crippen LogP contribution in [0.2, 0.25) is 0 Å². The largest absolute Gasteiger partial charge is 0.378 e. The smallest absolute Gasteiger partial charge is 0.227 e. The highest BCUT2D eigenvalue weighted by Crippen LogP contribution is 2.20. The summed E-state index contributed by atoms with van der Waals surface area (Å²) in [6, 6.07) is 0. The van der Waals surface area contributed by atoms with Crippen molar-refractivity contribution in [3.8, 4) is 0 Å². The minimum Gasteiger partial charge on any atom is -0.378 e. The van der Waals surface area contributed by atoms with Gasteiger partial charge in [0.05, 0.1) is 18.7 Å². The second-order valence-corrected chi connectivity index (χ2v) is 6.21. The number of nitrogens with zero attached hydrogens (tertiary/aromatic N) is 3. The number of ether oxygens (including phenoxy) is 1. The molecule has 2 rings (SSSR count). The predicted molar refractivity (Wildman–Crippen MR) is 80.0 cm³/mol. The van der Waals surface area contributed by atoms with Crippen LogP contribution in [0.5, 0.6) is 0 Å². The van der Waals surface area contributed by atoms with E-state index < -0.39 is 0 Å². The summed E-state index contributed by atoms with van der Waals surface area (Å²) in [6.07, 6.45) is 0.472. The fourth-order valence-corrected chi connectivity index (χ4v) is 3.43. The molecule has 0 spiro atoms. The molecule has 6 heteroatoms. The molecule has 0 saturated carbocycles. The van der Waals surface area contributed by atoms with Gasteiger partial charge in [0, 0.05) is 38.2 Å². The number of likely N-dealkylation sites (N-methyl/N-ethyl adjacent to an activating group) is 1. The molecular weight excluding hydrogens is 274 g/mol. The Morgan fingerprint density at radius 2 is 2.05 bits per heavy atom. The van der Waals surface area contributed by atoms with Gasteiger partial charge in [-0.05, 0) is 13.5 Å². The van der Waals surface area contributed by atoms with Crippen LogP contribution in [-0.4, -0.2) is 60.5 Å². The van der Waals surface area contributed by atoms with E-state index in [9.17, 15) is 4.79 Å². The van der Waals surface area contributed by atoms with Crippen molar-refractivity contribution in [1.82, 2.24) is 14.8 Å². The van der Waals surface area contributed by atoms with Crippen LogP contribution >= 0.6 is 11.3 Å². The van der Waals surface area contributed by atoms with Crippen LogP contribution in [0.3, 0.4) is 0 Å². The summed E-state index contributed by atoms with van der Waals surface area (Å²) >= 11 is 1.59. The molecule has 1 amide bonds. The molecule has 1 aliphatic heterocycles. The molecule has 0 radical (unpaired) electrons. The van der Waals surface area contributed by atoms with Crippen molar-refractivity contribution in [2.75, 3.05) is 39.8 Å². The molecule has 112 valence electrons. The minimum atomic E-state index is 0.219. The maximum Gasteiger partial charge on any atom is 0.227 e. The van der Waals surface area contributed by atoms with Crippen molar-refractivity contribution in [3.63, 3.8) is 0 Å². The summed E-state index contributed by atoms with van der Waals surface area (Å²) in [7, 11) is 1.66. The highest BCUT2D eigenvalue weighted by atomic mass is 32.1. The summed E-state index contributed by atoms with van der Waals surface area (Å²) in [6.45, 7) is 9.37. The van der Waals surface area contributed by atoms with Gasteiger partial charge in [0.2, 0.25) is 5.91 Å². The Hall–Kier alpha value is -0.980. The first kappa shape index (κ1) is 15.4. The number of hydrogen-bond donors (Lipinski definition) is 0. The van der Waals surface area contributed by atoms with Gasteiger partial charge in [0.1, 0.15) is 5.01 Å². The number of amides is 1. The van der Waals surface area contributed by atoms with Crippen molar-refractivity contribution in [2.45, 2.75) is 26.9 Å². The summed E-state index contributed by atoms with van der Waals surface area (Å²) in [4.78, 5) is 22.2. The van der Waals surface area contributed by atoms with Crippen LogP contribution in [0.25, 0.3) is 0 Å². The van der Waals surface area contributed by atoms with Crippen molar-refractivity contribution in [3.05, 3.63) is 15.6 Å². The molecule has 0 atom stereocenters. The first-order chi connectivity index (χ1) is 9.63. The van der Waals surface area contributed by atoms with E-state index in [2.05, 4.69) is 16.8 Å². The molecule has 1 saturated heterocycles. The Morgan fingerprint density at radius 1 is 1.35 bits per heavy atom. The van der Waals surface area contributed by atoms with E-state index >= 15 is 0 Å². The standard InChI is InChI=1S/C14H23N3O2S/c1-4-16-5-7-17(8-6-16)14(18)9-12-11(2)15-13(20-12)10-19-3/h4-10H2,1-3H3. The number of hydrogen-bond acceptors (Lipinski definition) is 5. The van der Waals surface area contributed by atoms with Crippen molar-refractivity contribution in [2.24, 2.45) is 0 Å². The van der Waals surface area contributed by atoms with E-state index in [1.807, 2.05) is 11.8 Å². The quantitative estimate of drug-likeness (QED) is 0.822. The van der Waals surface area contributed by atoms with Crippen LogP contribution in [0, 0.1) is 6.92 Å². The molecule has 20 heavy (non-hydrogen) atoms. The van der Waals surface area contributed by atoms with Gasteiger partial charge in [0.15, 0.2) is 0 Å². The molecule has 2 heterocycles. The van der Waals surface area contributed by atoms with E-state index in [-0.39, 0.29) is 5.91 Å². The Bertz CT molecular complexity index is 453. The van der Waals surface area contributed by atoms with Gasteiger partial charge >= 0.3 is 0 Å². The number of aryl methyl sites for hydroxylation is 1. The highest BCUT2D eigenvalue weighted by molar-refractivity contribution is 7.11. The lowest BCUT2D eigenvalue weighted by Crippen LogP contribution is -2.48. The molecular formula is C14H23N3O2S. The number of carbonyl (C=O) groups excluding carboxylic acids is 1. The number of carbonyl (C=O) groups is 1. The third kappa shape index (κ3) is 3.77. The molecule has 0 aromatic carbocycles. The molecule has 1 aromatic rings. The van der Waals surface area contributed by atoms with E-state index in [0.717, 1.165) is 48.3 Å². The summed E-state index contributed by atoms with van der Waals surface area (Å²) in [5.74, 6) is 0.219. The molecule has 0 bridgehead atoms. The average molecular weight is 297 g/mol. The van der Waals surface area contributed by atoms with Crippen molar-refractivity contribution < 1.29 is 9.53 Å². The van der Waals surface area contributed by atoms with Gasteiger partial charge in [-0.15, -0.1) is 11.3 Å². The first-order valence-corrected chi connectivity index (χ1v) is 7.90. The zero-order chi connectivity index (χ0) is 14.5. The second kappa shape index (κ2) is 7.15. The lowest BCUT2D eigenvalue weighted by Gasteiger charge is -2.34. The summed E-state index contributed by atoms with van der Waals surface area (Å²) < 4.78 is 5.09. The molecule has 0 N–H and O–H groups in total. The lowest BCUT2D eigenvalue weighted by molar-refractivity contribution is -0.132. The molecule has 1 fully saturated rings. The maximum absolute atomic E-state index is 12.3. The van der Waals surface area contributed by atoms with Crippen molar-refractivity contribution in [1.29, 1.82) is 0 Å².